The zero-order chi connectivity index (χ0) is 20.7. The fourth-order valence-electron chi connectivity index (χ4n) is 4.02. The van der Waals surface area contributed by atoms with Gasteiger partial charge in [0.05, 0.1) is 24.4 Å². The molecule has 0 radical (unpaired) electrons. The zero-order valence-electron chi connectivity index (χ0n) is 16.6. The maximum absolute atomic E-state index is 14.8. The van der Waals surface area contributed by atoms with Gasteiger partial charge in [-0.05, 0) is 36.8 Å². The van der Waals surface area contributed by atoms with Crippen LogP contribution in [0.15, 0.2) is 47.5 Å². The largest absolute Gasteiger partial charge is 0.385 e. The molecule has 0 saturated carbocycles. The summed E-state index contributed by atoms with van der Waals surface area (Å²) >= 11 is 6.20. The van der Waals surface area contributed by atoms with Crippen molar-refractivity contribution in [3.8, 4) is 0 Å². The molecule has 1 unspecified atom stereocenters. The lowest BCUT2D eigenvalue weighted by Crippen LogP contribution is -2.57. The minimum Gasteiger partial charge on any atom is -0.385 e. The van der Waals surface area contributed by atoms with E-state index in [2.05, 4.69) is 10.2 Å². The van der Waals surface area contributed by atoms with Crippen LogP contribution < -0.4 is 10.2 Å². The van der Waals surface area contributed by atoms with Crippen molar-refractivity contribution >= 4 is 34.5 Å². The minimum atomic E-state index is -0.499. The van der Waals surface area contributed by atoms with E-state index in [0.29, 0.717) is 36.5 Å². The molecule has 1 atom stereocenters. The van der Waals surface area contributed by atoms with E-state index in [1.165, 1.54) is 6.07 Å². The monoisotopic (exact) mass is 428 g/mol. The Labute approximate surface area is 178 Å². The Kier molecular flexibility index (Phi) is 5.06. The van der Waals surface area contributed by atoms with Crippen LogP contribution in [0, 0.1) is 5.82 Å². The molecular formula is C21H22ClFN6O. The number of aromatic nitrogens is 2. The lowest BCUT2D eigenvalue weighted by Gasteiger charge is -2.41. The van der Waals surface area contributed by atoms with Gasteiger partial charge in [-0.25, -0.2) is 14.4 Å². The van der Waals surface area contributed by atoms with Gasteiger partial charge in [0.15, 0.2) is 0 Å². The molecule has 1 aromatic heterocycles. The highest BCUT2D eigenvalue weighted by atomic mass is 35.5. The number of nitrogens with zero attached hydrogens (tertiary/aromatic N) is 5. The van der Waals surface area contributed by atoms with Crippen molar-refractivity contribution in [2.24, 2.45) is 4.99 Å². The van der Waals surface area contributed by atoms with E-state index in [-0.39, 0.29) is 5.82 Å². The van der Waals surface area contributed by atoms with Crippen LogP contribution in [-0.2, 0) is 4.74 Å². The van der Waals surface area contributed by atoms with Crippen LogP contribution in [0.4, 0.5) is 10.3 Å². The maximum Gasteiger partial charge on any atom is 0.216 e. The summed E-state index contributed by atoms with van der Waals surface area (Å²) in [5.41, 5.74) is 2.22. The molecule has 156 valence electrons. The Bertz CT molecular complexity index is 1120. The van der Waals surface area contributed by atoms with E-state index in [0.717, 1.165) is 29.9 Å². The van der Waals surface area contributed by atoms with Gasteiger partial charge in [0.1, 0.15) is 12.0 Å². The molecule has 0 bridgehead atoms. The first-order chi connectivity index (χ1) is 14.7. The molecule has 2 aliphatic heterocycles. The SMILES string of the molecule is COCCCN1CN=C2NC(c3cc(Cl)ccc3F)n3c(nc4ccccc43)N2C1. The summed E-state index contributed by atoms with van der Waals surface area (Å²) in [6.07, 6.45) is 0.427. The van der Waals surface area contributed by atoms with Gasteiger partial charge in [0.25, 0.3) is 0 Å². The Balaban J connectivity index is 1.60. The summed E-state index contributed by atoms with van der Waals surface area (Å²) in [4.78, 5) is 13.8. The highest BCUT2D eigenvalue weighted by Gasteiger charge is 2.36. The second-order valence-electron chi connectivity index (χ2n) is 7.42. The van der Waals surface area contributed by atoms with E-state index in [1.54, 1.807) is 19.2 Å². The number of methoxy groups -OCH3 is 1. The minimum absolute atomic E-state index is 0.327. The average molecular weight is 429 g/mol. The number of hydrogen-bond acceptors (Lipinski definition) is 6. The van der Waals surface area contributed by atoms with Crippen LogP contribution in [0.5, 0.6) is 0 Å². The molecule has 2 aromatic carbocycles. The third-order valence-corrected chi connectivity index (χ3v) is 5.67. The molecule has 9 heteroatoms. The number of guanidine groups is 1. The van der Waals surface area contributed by atoms with Crippen LogP contribution in [0.2, 0.25) is 5.02 Å². The molecule has 3 heterocycles. The van der Waals surface area contributed by atoms with Crippen LogP contribution in [0.25, 0.3) is 11.0 Å². The number of benzene rings is 2. The van der Waals surface area contributed by atoms with Gasteiger partial charge < -0.3 is 10.1 Å². The van der Waals surface area contributed by atoms with Gasteiger partial charge in [-0.15, -0.1) is 0 Å². The quantitative estimate of drug-likeness (QED) is 0.631. The van der Waals surface area contributed by atoms with E-state index in [4.69, 9.17) is 26.3 Å². The molecule has 5 rings (SSSR count). The Morgan fingerprint density at radius 3 is 3.00 bits per heavy atom. The number of halogens is 2. The number of aliphatic imine (C=N–C) groups is 1. The van der Waals surface area contributed by atoms with Crippen LogP contribution in [-0.4, -0.2) is 54.0 Å². The number of para-hydroxylation sites is 2. The lowest BCUT2D eigenvalue weighted by atomic mass is 10.1. The standard InChI is InChI=1S/C21H22ClFN6O/c1-30-10-4-9-27-12-24-20-26-19(15-11-14(22)7-8-16(15)23)29-18-6-3-2-5-17(18)25-21(29)28(20)13-27/h2-3,5-8,11,19H,4,9-10,12-13H2,1H3,(H,24,26). The van der Waals surface area contributed by atoms with E-state index in [9.17, 15) is 4.39 Å². The highest BCUT2D eigenvalue weighted by molar-refractivity contribution is 6.30. The normalized spacial score (nSPS) is 18.7. The van der Waals surface area contributed by atoms with Crippen molar-refractivity contribution in [1.29, 1.82) is 0 Å². The van der Waals surface area contributed by atoms with Gasteiger partial charge in [-0.3, -0.25) is 14.4 Å². The average Bonchev–Trinajstić information content (AvgIpc) is 3.15. The molecule has 7 nitrogen and oxygen atoms in total. The topological polar surface area (TPSA) is 57.9 Å². The summed E-state index contributed by atoms with van der Waals surface area (Å²) in [6.45, 7) is 2.78. The van der Waals surface area contributed by atoms with Crippen molar-refractivity contribution in [3.63, 3.8) is 0 Å². The maximum atomic E-state index is 14.8. The fraction of sp³-hybridized carbons (Fsp3) is 0.333. The fourth-order valence-corrected chi connectivity index (χ4v) is 4.20. The lowest BCUT2D eigenvalue weighted by molar-refractivity contribution is 0.171. The van der Waals surface area contributed by atoms with Gasteiger partial charge >= 0.3 is 0 Å². The molecule has 0 aliphatic carbocycles. The summed E-state index contributed by atoms with van der Waals surface area (Å²) in [6, 6.07) is 12.5. The first kappa shape index (κ1) is 19.3. The summed E-state index contributed by atoms with van der Waals surface area (Å²) in [5.74, 6) is 1.09. The number of hydrogen-bond donors (Lipinski definition) is 1. The smallest absolute Gasteiger partial charge is 0.216 e. The van der Waals surface area contributed by atoms with Gasteiger partial charge in [0, 0.05) is 30.8 Å². The number of ether oxygens (including phenoxy) is 1. The first-order valence-corrected chi connectivity index (χ1v) is 10.3. The molecule has 0 fully saturated rings. The molecule has 1 N–H and O–H groups in total. The van der Waals surface area contributed by atoms with Crippen molar-refractivity contribution < 1.29 is 9.13 Å². The van der Waals surface area contributed by atoms with Crippen LogP contribution in [0.1, 0.15) is 18.2 Å². The van der Waals surface area contributed by atoms with Gasteiger partial charge in [-0.1, -0.05) is 23.7 Å². The zero-order valence-corrected chi connectivity index (χ0v) is 17.3. The Morgan fingerprint density at radius 1 is 1.27 bits per heavy atom. The molecule has 2 aliphatic rings. The molecular weight excluding hydrogens is 407 g/mol. The third kappa shape index (κ3) is 3.30. The number of anilines is 1. The van der Waals surface area contributed by atoms with Crippen molar-refractivity contribution in [2.75, 3.05) is 38.5 Å². The highest BCUT2D eigenvalue weighted by Crippen LogP contribution is 2.35. The molecule has 0 spiro atoms. The first-order valence-electron chi connectivity index (χ1n) is 9.87. The number of nitrogens with one attached hydrogen (secondary N) is 1. The molecule has 0 saturated heterocycles. The Hall–Kier alpha value is -2.68. The van der Waals surface area contributed by atoms with Crippen molar-refractivity contribution in [2.45, 2.75) is 12.6 Å². The number of imidazole rings is 1. The summed E-state index contributed by atoms with van der Waals surface area (Å²) < 4.78 is 22.0. The Morgan fingerprint density at radius 2 is 2.13 bits per heavy atom. The van der Waals surface area contributed by atoms with Crippen molar-refractivity contribution in [1.82, 2.24) is 19.8 Å². The summed E-state index contributed by atoms with van der Waals surface area (Å²) in [7, 11) is 1.71. The second-order valence-corrected chi connectivity index (χ2v) is 7.85. The van der Waals surface area contributed by atoms with Crippen LogP contribution in [0.3, 0.4) is 0 Å². The second kappa shape index (κ2) is 7.86. The molecule has 3 aromatic rings. The summed E-state index contributed by atoms with van der Waals surface area (Å²) in [5, 5.41) is 3.89. The number of fused-ring (bicyclic) bond motifs is 5. The van der Waals surface area contributed by atoms with E-state index in [1.807, 2.05) is 33.7 Å². The van der Waals surface area contributed by atoms with Crippen molar-refractivity contribution in [3.05, 3.63) is 58.9 Å². The molecule has 30 heavy (non-hydrogen) atoms. The third-order valence-electron chi connectivity index (χ3n) is 5.44. The predicted octanol–water partition coefficient (Wildman–Crippen LogP) is 3.41. The van der Waals surface area contributed by atoms with E-state index >= 15 is 0 Å². The van der Waals surface area contributed by atoms with Gasteiger partial charge in [0.2, 0.25) is 11.9 Å². The predicted molar refractivity (Wildman–Crippen MR) is 115 cm³/mol. The van der Waals surface area contributed by atoms with Gasteiger partial charge in [-0.2, -0.15) is 0 Å². The molecule has 0 amide bonds. The van der Waals surface area contributed by atoms with E-state index < -0.39 is 6.17 Å². The number of rotatable bonds is 5. The van der Waals surface area contributed by atoms with Crippen LogP contribution >= 0.6 is 11.6 Å².